The van der Waals surface area contributed by atoms with Crippen LogP contribution in [0, 0.1) is 6.92 Å². The van der Waals surface area contributed by atoms with Crippen molar-refractivity contribution in [3.05, 3.63) is 11.4 Å². The van der Waals surface area contributed by atoms with Crippen LogP contribution in [0.1, 0.15) is 51.9 Å². The van der Waals surface area contributed by atoms with Gasteiger partial charge in [-0.25, -0.2) is 9.97 Å². The highest BCUT2D eigenvalue weighted by molar-refractivity contribution is 5.59. The first-order valence-electron chi connectivity index (χ1n) is 7.18. The Morgan fingerprint density at radius 1 is 1.26 bits per heavy atom. The van der Waals surface area contributed by atoms with E-state index in [2.05, 4.69) is 49.8 Å². The van der Waals surface area contributed by atoms with Crippen molar-refractivity contribution in [2.45, 2.75) is 58.9 Å². The lowest BCUT2D eigenvalue weighted by molar-refractivity contribution is 0.543. The molecular weight excluding hydrogens is 236 g/mol. The zero-order valence-electron chi connectivity index (χ0n) is 13.0. The average Bonchev–Trinajstić information content (AvgIpc) is 2.74. The van der Waals surface area contributed by atoms with Crippen molar-refractivity contribution in [1.29, 1.82) is 0 Å². The normalized spacial score (nSPS) is 19.9. The van der Waals surface area contributed by atoms with E-state index in [-0.39, 0.29) is 5.41 Å². The molecule has 0 radical (unpaired) electrons. The van der Waals surface area contributed by atoms with Gasteiger partial charge < -0.3 is 10.2 Å². The topological polar surface area (TPSA) is 41.1 Å². The third-order valence-electron chi connectivity index (χ3n) is 3.85. The smallest absolute Gasteiger partial charge is 0.138 e. The Kier molecular flexibility index (Phi) is 3.70. The number of hydrogen-bond acceptors (Lipinski definition) is 4. The molecule has 1 unspecified atom stereocenters. The maximum absolute atomic E-state index is 4.86. The van der Waals surface area contributed by atoms with Crippen molar-refractivity contribution in [3.8, 4) is 0 Å². The van der Waals surface area contributed by atoms with Crippen LogP contribution < -0.4 is 10.2 Å². The minimum atomic E-state index is -0.0307. The summed E-state index contributed by atoms with van der Waals surface area (Å²) >= 11 is 0. The van der Waals surface area contributed by atoms with Crippen molar-refractivity contribution in [3.63, 3.8) is 0 Å². The number of nitrogens with one attached hydrogen (secondary N) is 1. The largest absolute Gasteiger partial charge is 0.373 e. The fourth-order valence-corrected chi connectivity index (χ4v) is 2.61. The van der Waals surface area contributed by atoms with Crippen LogP contribution in [0.4, 0.5) is 11.6 Å². The van der Waals surface area contributed by atoms with Crippen molar-refractivity contribution >= 4 is 11.6 Å². The summed E-state index contributed by atoms with van der Waals surface area (Å²) in [6.45, 7) is 12.0. The van der Waals surface area contributed by atoms with E-state index in [1.54, 1.807) is 0 Å². The molecule has 1 N–H and O–H groups in total. The molecule has 106 valence electrons. The molecule has 0 bridgehead atoms. The average molecular weight is 262 g/mol. The van der Waals surface area contributed by atoms with Gasteiger partial charge in [-0.1, -0.05) is 20.8 Å². The van der Waals surface area contributed by atoms with Crippen LogP contribution in [0.25, 0.3) is 0 Å². The van der Waals surface area contributed by atoms with Crippen LogP contribution in [0.2, 0.25) is 0 Å². The summed E-state index contributed by atoms with van der Waals surface area (Å²) in [5.41, 5.74) is 1.13. The summed E-state index contributed by atoms with van der Waals surface area (Å²) < 4.78 is 0. The number of aromatic nitrogens is 2. The Labute approximate surface area is 116 Å². The number of nitrogens with zero attached hydrogens (tertiary/aromatic N) is 3. The quantitative estimate of drug-likeness (QED) is 0.889. The van der Waals surface area contributed by atoms with Gasteiger partial charge in [0.1, 0.15) is 17.5 Å². The van der Waals surface area contributed by atoms with E-state index in [9.17, 15) is 0 Å². The molecular formula is C15H26N4. The molecule has 1 saturated heterocycles. The molecule has 2 heterocycles. The van der Waals surface area contributed by atoms with Gasteiger partial charge in [-0.2, -0.15) is 0 Å². The van der Waals surface area contributed by atoms with Crippen LogP contribution in [-0.2, 0) is 5.41 Å². The zero-order chi connectivity index (χ0) is 14.2. The molecule has 4 nitrogen and oxygen atoms in total. The summed E-state index contributed by atoms with van der Waals surface area (Å²) in [6, 6.07) is 0.575. The SMILES string of the molecule is CNc1nc(C(C)(C)C)nc(N2CCCC2C)c1C. The lowest BCUT2D eigenvalue weighted by Crippen LogP contribution is -2.30. The van der Waals surface area contributed by atoms with Gasteiger partial charge in [0.05, 0.1) is 0 Å². The van der Waals surface area contributed by atoms with E-state index < -0.39 is 0 Å². The fraction of sp³-hybridized carbons (Fsp3) is 0.733. The first kappa shape index (κ1) is 14.1. The minimum Gasteiger partial charge on any atom is -0.373 e. The summed E-state index contributed by atoms with van der Waals surface area (Å²) in [5, 5.41) is 3.21. The van der Waals surface area contributed by atoms with Crippen molar-refractivity contribution in [2.75, 3.05) is 23.8 Å². The van der Waals surface area contributed by atoms with Gasteiger partial charge in [0.15, 0.2) is 0 Å². The first-order chi connectivity index (χ1) is 8.84. The predicted molar refractivity (Wildman–Crippen MR) is 81.1 cm³/mol. The summed E-state index contributed by atoms with van der Waals surface area (Å²) in [5.74, 6) is 2.97. The third-order valence-corrected chi connectivity index (χ3v) is 3.85. The Bertz CT molecular complexity index is 462. The molecule has 0 amide bonds. The lowest BCUT2D eigenvalue weighted by Gasteiger charge is -2.28. The van der Waals surface area contributed by atoms with Gasteiger partial charge >= 0.3 is 0 Å². The highest BCUT2D eigenvalue weighted by Gasteiger charge is 2.27. The van der Waals surface area contributed by atoms with Gasteiger partial charge in [0, 0.05) is 30.6 Å². The third kappa shape index (κ3) is 2.67. The van der Waals surface area contributed by atoms with Gasteiger partial charge in [0.2, 0.25) is 0 Å². The van der Waals surface area contributed by atoms with Crippen LogP contribution in [0.15, 0.2) is 0 Å². The van der Waals surface area contributed by atoms with Crippen molar-refractivity contribution in [2.24, 2.45) is 0 Å². The second-order valence-corrected chi connectivity index (χ2v) is 6.53. The first-order valence-corrected chi connectivity index (χ1v) is 7.18. The van der Waals surface area contributed by atoms with E-state index in [4.69, 9.17) is 4.98 Å². The maximum Gasteiger partial charge on any atom is 0.138 e. The highest BCUT2D eigenvalue weighted by Crippen LogP contribution is 2.32. The van der Waals surface area contributed by atoms with Crippen LogP contribution in [0.5, 0.6) is 0 Å². The molecule has 0 spiro atoms. The van der Waals surface area contributed by atoms with Gasteiger partial charge in [-0.15, -0.1) is 0 Å². The second kappa shape index (κ2) is 4.99. The van der Waals surface area contributed by atoms with Gasteiger partial charge in [-0.05, 0) is 26.7 Å². The van der Waals surface area contributed by atoms with E-state index in [0.29, 0.717) is 6.04 Å². The number of hydrogen-bond donors (Lipinski definition) is 1. The van der Waals surface area contributed by atoms with Gasteiger partial charge in [0.25, 0.3) is 0 Å². The number of anilines is 2. The van der Waals surface area contributed by atoms with Crippen LogP contribution in [0.3, 0.4) is 0 Å². The van der Waals surface area contributed by atoms with Gasteiger partial charge in [-0.3, -0.25) is 0 Å². The number of rotatable bonds is 2. The second-order valence-electron chi connectivity index (χ2n) is 6.53. The zero-order valence-corrected chi connectivity index (χ0v) is 13.0. The molecule has 2 rings (SSSR count). The van der Waals surface area contributed by atoms with E-state index >= 15 is 0 Å². The Morgan fingerprint density at radius 2 is 1.95 bits per heavy atom. The maximum atomic E-state index is 4.86. The minimum absolute atomic E-state index is 0.0307. The fourth-order valence-electron chi connectivity index (χ4n) is 2.61. The molecule has 1 atom stereocenters. The van der Waals surface area contributed by atoms with Crippen LogP contribution >= 0.6 is 0 Å². The monoisotopic (exact) mass is 262 g/mol. The molecule has 1 fully saturated rings. The van der Waals surface area contributed by atoms with E-state index in [1.807, 2.05) is 7.05 Å². The molecule has 1 aromatic rings. The molecule has 1 aliphatic rings. The summed E-state index contributed by atoms with van der Waals surface area (Å²) in [4.78, 5) is 12.0. The standard InChI is InChI=1S/C15H26N4/c1-10-8-7-9-19(10)13-11(2)12(16-6)17-14(18-13)15(3,4)5/h10H,7-9H2,1-6H3,(H,16,17,18). The molecule has 1 aromatic heterocycles. The predicted octanol–water partition coefficient (Wildman–Crippen LogP) is 3.11. The van der Waals surface area contributed by atoms with Crippen LogP contribution in [-0.4, -0.2) is 29.6 Å². The Balaban J connectivity index is 2.52. The lowest BCUT2D eigenvalue weighted by atomic mass is 9.95. The molecule has 1 aliphatic heterocycles. The van der Waals surface area contributed by atoms with E-state index in [0.717, 1.165) is 29.6 Å². The summed E-state index contributed by atoms with van der Waals surface area (Å²) in [7, 11) is 1.93. The van der Waals surface area contributed by atoms with Crippen molar-refractivity contribution in [1.82, 2.24) is 9.97 Å². The molecule has 0 aromatic carbocycles. The Morgan fingerprint density at radius 3 is 2.42 bits per heavy atom. The molecule has 0 aliphatic carbocycles. The van der Waals surface area contributed by atoms with Crippen molar-refractivity contribution < 1.29 is 0 Å². The summed E-state index contributed by atoms with van der Waals surface area (Å²) in [6.07, 6.45) is 2.51. The Hall–Kier alpha value is -1.32. The molecule has 0 saturated carbocycles. The molecule has 4 heteroatoms. The highest BCUT2D eigenvalue weighted by atomic mass is 15.2. The van der Waals surface area contributed by atoms with E-state index in [1.165, 1.54) is 12.8 Å². The molecule has 19 heavy (non-hydrogen) atoms.